The van der Waals surface area contributed by atoms with Gasteiger partial charge in [0.2, 0.25) is 0 Å². The van der Waals surface area contributed by atoms with Crippen molar-refractivity contribution >= 4 is 0 Å². The van der Waals surface area contributed by atoms with E-state index in [9.17, 15) is 20.4 Å². The van der Waals surface area contributed by atoms with E-state index in [0.717, 1.165) is 56.1 Å². The van der Waals surface area contributed by atoms with Crippen LogP contribution in [0.25, 0.3) is 0 Å². The monoisotopic (exact) mass is 440 g/mol. The van der Waals surface area contributed by atoms with Gasteiger partial charge < -0.3 is 20.4 Å². The Hall–Kier alpha value is -2.62. The first-order valence-corrected chi connectivity index (χ1v) is 12.1. The van der Waals surface area contributed by atoms with Gasteiger partial charge in [0.15, 0.2) is 0 Å². The summed E-state index contributed by atoms with van der Waals surface area (Å²) in [6, 6.07) is 7.04. The number of aromatic hydroxyl groups is 4. The van der Waals surface area contributed by atoms with Crippen LogP contribution in [0.3, 0.4) is 0 Å². The quantitative estimate of drug-likeness (QED) is 0.183. The van der Waals surface area contributed by atoms with Crippen molar-refractivity contribution in [2.24, 2.45) is 0 Å². The molecule has 0 spiro atoms. The molecular weight excluding hydrogens is 400 g/mol. The first-order valence-electron chi connectivity index (χ1n) is 12.1. The van der Waals surface area contributed by atoms with Crippen LogP contribution in [0.1, 0.15) is 86.5 Å². The molecule has 4 heteroatoms. The van der Waals surface area contributed by atoms with Gasteiger partial charge in [0, 0.05) is 11.1 Å². The number of allylic oxidation sites excluding steroid dienone is 2. The largest absolute Gasteiger partial charge is 0.508 e. The summed E-state index contributed by atoms with van der Waals surface area (Å²) >= 11 is 0. The Labute approximate surface area is 193 Å². The number of hydrogen-bond donors (Lipinski definition) is 4. The molecule has 0 bridgehead atoms. The van der Waals surface area contributed by atoms with Gasteiger partial charge in [0.1, 0.15) is 23.0 Å². The molecule has 0 unspecified atom stereocenters. The van der Waals surface area contributed by atoms with Crippen LogP contribution in [-0.4, -0.2) is 20.4 Å². The molecule has 0 fully saturated rings. The number of benzene rings is 2. The summed E-state index contributed by atoms with van der Waals surface area (Å²) in [6.45, 7) is 3.43. The highest BCUT2D eigenvalue weighted by Crippen LogP contribution is 2.29. The van der Waals surface area contributed by atoms with E-state index < -0.39 is 0 Å². The van der Waals surface area contributed by atoms with Crippen LogP contribution in [-0.2, 0) is 12.8 Å². The Morgan fingerprint density at radius 2 is 0.812 bits per heavy atom. The average Bonchev–Trinajstić information content (AvgIpc) is 2.75. The Morgan fingerprint density at radius 3 is 1.22 bits per heavy atom. The molecule has 32 heavy (non-hydrogen) atoms. The molecule has 0 amide bonds. The topological polar surface area (TPSA) is 80.9 Å². The molecule has 176 valence electrons. The zero-order valence-electron chi connectivity index (χ0n) is 19.7. The molecule has 0 aliphatic rings. The summed E-state index contributed by atoms with van der Waals surface area (Å²) in [7, 11) is 0. The molecule has 0 aromatic heterocycles. The number of aryl methyl sites for hydroxylation is 2. The third-order valence-electron chi connectivity index (χ3n) is 6.16. The summed E-state index contributed by atoms with van der Waals surface area (Å²) in [6.07, 6.45) is 18.0. The molecule has 0 aliphatic heterocycles. The molecule has 0 saturated heterocycles. The van der Waals surface area contributed by atoms with E-state index in [1.54, 1.807) is 38.1 Å². The lowest BCUT2D eigenvalue weighted by molar-refractivity contribution is 0.440. The van der Waals surface area contributed by atoms with Gasteiger partial charge in [-0.05, 0) is 101 Å². The standard InChI is InChI=1S/C28H40O4/c1-21-25(29)17-23(18-26(21)30)15-13-11-9-7-5-3-4-6-8-10-12-14-16-24-19-27(31)22(2)28(32)20-24/h3,5,17-20,29-32H,4,6-16H2,1-2H3. The van der Waals surface area contributed by atoms with Crippen molar-refractivity contribution in [3.8, 4) is 23.0 Å². The summed E-state index contributed by atoms with van der Waals surface area (Å²) in [5, 5.41) is 39.1. The first-order chi connectivity index (χ1) is 15.4. The van der Waals surface area contributed by atoms with Crippen LogP contribution < -0.4 is 0 Å². The van der Waals surface area contributed by atoms with Crippen LogP contribution in [0.2, 0.25) is 0 Å². The minimum absolute atomic E-state index is 0.176. The van der Waals surface area contributed by atoms with Crippen LogP contribution in [0, 0.1) is 13.8 Å². The highest BCUT2D eigenvalue weighted by Gasteiger charge is 2.06. The zero-order chi connectivity index (χ0) is 23.3. The van der Waals surface area contributed by atoms with Gasteiger partial charge in [-0.25, -0.2) is 0 Å². The predicted molar refractivity (Wildman–Crippen MR) is 132 cm³/mol. The van der Waals surface area contributed by atoms with Gasteiger partial charge in [0.25, 0.3) is 0 Å². The van der Waals surface area contributed by atoms with E-state index in [1.165, 1.54) is 32.1 Å². The van der Waals surface area contributed by atoms with E-state index in [-0.39, 0.29) is 23.0 Å². The Balaban J connectivity index is 1.43. The second-order valence-corrected chi connectivity index (χ2v) is 8.90. The third kappa shape index (κ3) is 8.86. The number of hydrogen-bond acceptors (Lipinski definition) is 4. The lowest BCUT2D eigenvalue weighted by Gasteiger charge is -2.07. The molecular formula is C28H40O4. The number of phenolic OH excluding ortho intramolecular Hbond substituents is 4. The normalized spacial score (nSPS) is 11.4. The van der Waals surface area contributed by atoms with Crippen LogP contribution in [0.5, 0.6) is 23.0 Å². The maximum atomic E-state index is 9.78. The van der Waals surface area contributed by atoms with Crippen molar-refractivity contribution in [3.05, 3.63) is 58.7 Å². The van der Waals surface area contributed by atoms with Crippen molar-refractivity contribution in [3.63, 3.8) is 0 Å². The Bertz CT molecular complexity index is 824. The molecule has 0 saturated carbocycles. The maximum Gasteiger partial charge on any atom is 0.122 e. The average molecular weight is 441 g/mol. The fourth-order valence-corrected chi connectivity index (χ4v) is 3.90. The molecule has 4 nitrogen and oxygen atoms in total. The van der Waals surface area contributed by atoms with Crippen LogP contribution in [0.15, 0.2) is 36.4 Å². The molecule has 0 aliphatic carbocycles. The predicted octanol–water partition coefficient (Wildman–Crippen LogP) is 7.37. The smallest absolute Gasteiger partial charge is 0.122 e. The minimum atomic E-state index is 0.176. The molecule has 2 aromatic carbocycles. The molecule has 2 rings (SSSR count). The van der Waals surface area contributed by atoms with Gasteiger partial charge in [-0.1, -0.05) is 37.8 Å². The fourth-order valence-electron chi connectivity index (χ4n) is 3.90. The summed E-state index contributed by atoms with van der Waals surface area (Å²) in [4.78, 5) is 0. The zero-order valence-corrected chi connectivity index (χ0v) is 19.7. The number of rotatable bonds is 14. The third-order valence-corrected chi connectivity index (χ3v) is 6.16. The molecule has 0 heterocycles. The van der Waals surface area contributed by atoms with Gasteiger partial charge >= 0.3 is 0 Å². The maximum absolute atomic E-state index is 9.78. The van der Waals surface area contributed by atoms with Crippen LogP contribution in [0.4, 0.5) is 0 Å². The van der Waals surface area contributed by atoms with E-state index in [4.69, 9.17) is 0 Å². The van der Waals surface area contributed by atoms with Crippen molar-refractivity contribution < 1.29 is 20.4 Å². The van der Waals surface area contributed by atoms with Gasteiger partial charge in [0.05, 0.1) is 0 Å². The lowest BCUT2D eigenvalue weighted by atomic mass is 10.0. The molecule has 2 aromatic rings. The van der Waals surface area contributed by atoms with Crippen molar-refractivity contribution in [2.75, 3.05) is 0 Å². The summed E-state index contributed by atoms with van der Waals surface area (Å²) in [5.74, 6) is 0.710. The van der Waals surface area contributed by atoms with E-state index in [2.05, 4.69) is 12.2 Å². The van der Waals surface area contributed by atoms with Crippen molar-refractivity contribution in [1.29, 1.82) is 0 Å². The Kier molecular flexibility index (Phi) is 11.0. The summed E-state index contributed by atoms with van der Waals surface area (Å²) in [5.41, 5.74) is 3.09. The highest BCUT2D eigenvalue weighted by molar-refractivity contribution is 5.46. The Morgan fingerprint density at radius 1 is 0.500 bits per heavy atom. The van der Waals surface area contributed by atoms with Gasteiger partial charge in [-0.2, -0.15) is 0 Å². The lowest BCUT2D eigenvalue weighted by Crippen LogP contribution is -1.88. The van der Waals surface area contributed by atoms with E-state index in [0.29, 0.717) is 11.1 Å². The summed E-state index contributed by atoms with van der Waals surface area (Å²) < 4.78 is 0. The molecule has 0 atom stereocenters. The molecule has 0 radical (unpaired) electrons. The highest BCUT2D eigenvalue weighted by atomic mass is 16.3. The first kappa shape index (κ1) is 25.6. The van der Waals surface area contributed by atoms with E-state index in [1.807, 2.05) is 0 Å². The van der Waals surface area contributed by atoms with Crippen LogP contribution >= 0.6 is 0 Å². The van der Waals surface area contributed by atoms with Gasteiger partial charge in [-0.15, -0.1) is 0 Å². The number of unbranched alkanes of at least 4 members (excludes halogenated alkanes) is 8. The number of phenols is 4. The van der Waals surface area contributed by atoms with E-state index >= 15 is 0 Å². The SMILES string of the molecule is Cc1c(O)cc(CCCCCC=CCCCCCCCc2cc(O)c(C)c(O)c2)cc1O. The fraction of sp³-hybridized carbons (Fsp3) is 0.500. The van der Waals surface area contributed by atoms with Gasteiger partial charge in [-0.3, -0.25) is 0 Å². The van der Waals surface area contributed by atoms with Crippen molar-refractivity contribution in [2.45, 2.75) is 90.9 Å². The van der Waals surface area contributed by atoms with Crippen molar-refractivity contribution in [1.82, 2.24) is 0 Å². The second kappa shape index (κ2) is 13.7. The molecule has 4 N–H and O–H groups in total. The second-order valence-electron chi connectivity index (χ2n) is 8.90. The minimum Gasteiger partial charge on any atom is -0.508 e.